The van der Waals surface area contributed by atoms with Crippen molar-refractivity contribution in [3.63, 3.8) is 0 Å². The smallest absolute Gasteiger partial charge is 0.416 e. The van der Waals surface area contributed by atoms with Crippen LogP contribution in [-0.4, -0.2) is 4.92 Å². The molecule has 0 aliphatic heterocycles. The van der Waals surface area contributed by atoms with Crippen LogP contribution in [0.4, 0.5) is 18.9 Å². The molecule has 0 radical (unpaired) electrons. The number of nitro benzene ring substituents is 1. The summed E-state index contributed by atoms with van der Waals surface area (Å²) >= 11 is 0. The lowest BCUT2D eigenvalue weighted by Gasteiger charge is -2.09. The minimum absolute atomic E-state index is 0.0212. The summed E-state index contributed by atoms with van der Waals surface area (Å²) in [4.78, 5) is 9.96. The number of ether oxygens (including phenoxy) is 1. The number of hydrogen-bond donors (Lipinski definition) is 0. The van der Waals surface area contributed by atoms with E-state index >= 15 is 0 Å². The maximum atomic E-state index is 12.4. The topological polar surface area (TPSA) is 76.2 Å². The monoisotopic (exact) mass is 338 g/mol. The summed E-state index contributed by atoms with van der Waals surface area (Å²) in [5.74, 6) is 0.103. The van der Waals surface area contributed by atoms with Gasteiger partial charge in [0.1, 0.15) is 23.1 Å². The van der Waals surface area contributed by atoms with Crippen molar-refractivity contribution < 1.29 is 22.8 Å². The van der Waals surface area contributed by atoms with E-state index in [1.165, 1.54) is 6.07 Å². The van der Waals surface area contributed by atoms with Crippen LogP contribution < -0.4 is 4.74 Å². The molecule has 2 rings (SSSR count). The van der Waals surface area contributed by atoms with Crippen LogP contribution in [-0.2, 0) is 6.18 Å². The molecule has 0 heterocycles. The Morgan fingerprint density at radius 1 is 1.12 bits per heavy atom. The number of nitrogens with zero attached hydrogens (tertiary/aromatic N) is 2. The first kappa shape index (κ1) is 19.0. The molecule has 0 N–H and O–H groups in total. The number of non-ortho nitro benzene ring substituents is 1. The van der Waals surface area contributed by atoms with Crippen LogP contribution in [0.1, 0.15) is 25.0 Å². The summed E-state index contributed by atoms with van der Waals surface area (Å²) in [5, 5.41) is 19.6. The number of nitro groups is 1. The lowest BCUT2D eigenvalue weighted by atomic mass is 10.2. The molecule has 0 fully saturated rings. The Morgan fingerprint density at radius 3 is 2.17 bits per heavy atom. The van der Waals surface area contributed by atoms with E-state index in [1.807, 2.05) is 13.8 Å². The Morgan fingerprint density at radius 2 is 1.71 bits per heavy atom. The van der Waals surface area contributed by atoms with Gasteiger partial charge >= 0.3 is 6.18 Å². The highest BCUT2D eigenvalue weighted by Crippen LogP contribution is 2.32. The molecule has 0 spiro atoms. The summed E-state index contributed by atoms with van der Waals surface area (Å²) in [6.07, 6.45) is -4.45. The van der Waals surface area contributed by atoms with Crippen LogP contribution in [0, 0.1) is 21.4 Å². The van der Waals surface area contributed by atoms with Crippen molar-refractivity contribution in [2.75, 3.05) is 0 Å². The van der Waals surface area contributed by atoms with Crippen LogP contribution >= 0.6 is 0 Å². The Balaban J connectivity index is 0.00000139. The van der Waals surface area contributed by atoms with Gasteiger partial charge in [-0.3, -0.25) is 10.1 Å². The van der Waals surface area contributed by atoms with Crippen molar-refractivity contribution in [3.05, 3.63) is 63.7 Å². The Labute approximate surface area is 136 Å². The van der Waals surface area contributed by atoms with Crippen LogP contribution in [0.25, 0.3) is 0 Å². The molecule has 0 aliphatic carbocycles. The van der Waals surface area contributed by atoms with E-state index in [2.05, 4.69) is 0 Å². The zero-order valence-electron chi connectivity index (χ0n) is 12.8. The van der Waals surface area contributed by atoms with Crippen molar-refractivity contribution in [1.29, 1.82) is 5.26 Å². The predicted molar refractivity (Wildman–Crippen MR) is 80.7 cm³/mol. The van der Waals surface area contributed by atoms with Crippen LogP contribution in [0.15, 0.2) is 42.5 Å². The fourth-order valence-corrected chi connectivity index (χ4v) is 1.65. The van der Waals surface area contributed by atoms with E-state index in [4.69, 9.17) is 10.00 Å². The molecule has 0 saturated heterocycles. The van der Waals surface area contributed by atoms with Gasteiger partial charge in [0, 0.05) is 12.1 Å². The van der Waals surface area contributed by atoms with E-state index in [9.17, 15) is 23.3 Å². The summed E-state index contributed by atoms with van der Waals surface area (Å²) < 4.78 is 42.6. The quantitative estimate of drug-likeness (QED) is 0.562. The van der Waals surface area contributed by atoms with Crippen molar-refractivity contribution >= 4 is 5.69 Å². The third-order valence-electron chi connectivity index (χ3n) is 2.70. The lowest BCUT2D eigenvalue weighted by Crippen LogP contribution is -2.04. The highest BCUT2D eigenvalue weighted by Gasteiger charge is 2.30. The Bertz CT molecular complexity index is 751. The van der Waals surface area contributed by atoms with Crippen molar-refractivity contribution in [2.45, 2.75) is 20.0 Å². The van der Waals surface area contributed by atoms with E-state index in [-0.39, 0.29) is 22.7 Å². The van der Waals surface area contributed by atoms with Crippen molar-refractivity contribution in [3.8, 4) is 17.6 Å². The zero-order chi connectivity index (χ0) is 18.3. The fourth-order valence-electron chi connectivity index (χ4n) is 1.65. The van der Waals surface area contributed by atoms with Crippen LogP contribution in [0.5, 0.6) is 11.5 Å². The Kier molecular flexibility index (Phi) is 6.30. The summed E-state index contributed by atoms with van der Waals surface area (Å²) in [7, 11) is 0. The van der Waals surface area contributed by atoms with Gasteiger partial charge in [-0.15, -0.1) is 0 Å². The van der Waals surface area contributed by atoms with E-state index in [0.29, 0.717) is 0 Å². The SMILES string of the molecule is CC.N#Cc1cc([N+](=O)[O-])ccc1Oc1ccc(C(F)(F)F)cc1. The van der Waals surface area contributed by atoms with Crippen molar-refractivity contribution in [2.24, 2.45) is 0 Å². The standard InChI is InChI=1S/C14H7F3N2O3.C2H6/c15-14(16,17)10-1-4-12(5-2-10)22-13-6-3-11(19(20)21)7-9(13)8-18;1-2/h1-7H;1-2H3. The molecule has 0 unspecified atom stereocenters. The van der Waals surface area contributed by atoms with Gasteiger partial charge in [0.25, 0.3) is 5.69 Å². The molecular weight excluding hydrogens is 325 g/mol. The first-order valence-electron chi connectivity index (χ1n) is 6.85. The number of alkyl halides is 3. The molecule has 0 amide bonds. The van der Waals surface area contributed by atoms with Gasteiger partial charge in [-0.05, 0) is 30.3 Å². The molecule has 0 saturated carbocycles. The minimum atomic E-state index is -4.45. The van der Waals surface area contributed by atoms with Gasteiger partial charge in [0.2, 0.25) is 0 Å². The number of rotatable bonds is 3. The number of halogens is 3. The fraction of sp³-hybridized carbons (Fsp3) is 0.188. The highest BCUT2D eigenvalue weighted by molar-refractivity contribution is 5.51. The summed E-state index contributed by atoms with van der Waals surface area (Å²) in [5.41, 5.74) is -1.20. The van der Waals surface area contributed by atoms with Gasteiger partial charge in [-0.2, -0.15) is 18.4 Å². The molecule has 24 heavy (non-hydrogen) atoms. The highest BCUT2D eigenvalue weighted by atomic mass is 19.4. The molecule has 5 nitrogen and oxygen atoms in total. The van der Waals surface area contributed by atoms with Crippen LogP contribution in [0.3, 0.4) is 0 Å². The second kappa shape index (κ2) is 7.97. The maximum Gasteiger partial charge on any atom is 0.416 e. The largest absolute Gasteiger partial charge is 0.456 e. The van der Waals surface area contributed by atoms with Crippen molar-refractivity contribution in [1.82, 2.24) is 0 Å². The average Bonchev–Trinajstić information content (AvgIpc) is 2.56. The number of benzene rings is 2. The molecule has 2 aromatic carbocycles. The molecular formula is C16H13F3N2O3. The minimum Gasteiger partial charge on any atom is -0.456 e. The lowest BCUT2D eigenvalue weighted by molar-refractivity contribution is -0.384. The van der Waals surface area contributed by atoms with Crippen LogP contribution in [0.2, 0.25) is 0 Å². The van der Waals surface area contributed by atoms with E-state index in [1.54, 1.807) is 6.07 Å². The third-order valence-corrected chi connectivity index (χ3v) is 2.70. The predicted octanol–water partition coefficient (Wildman–Crippen LogP) is 5.30. The normalized spacial score (nSPS) is 10.2. The van der Waals surface area contributed by atoms with Gasteiger partial charge < -0.3 is 4.74 Å². The maximum absolute atomic E-state index is 12.4. The number of nitriles is 1. The second-order valence-electron chi connectivity index (χ2n) is 4.17. The summed E-state index contributed by atoms with van der Waals surface area (Å²) in [6, 6.07) is 9.01. The zero-order valence-corrected chi connectivity index (χ0v) is 12.8. The van der Waals surface area contributed by atoms with Gasteiger partial charge in [-0.1, -0.05) is 13.8 Å². The van der Waals surface area contributed by atoms with E-state index in [0.717, 1.165) is 36.4 Å². The van der Waals surface area contributed by atoms with Gasteiger partial charge in [0.15, 0.2) is 0 Å². The van der Waals surface area contributed by atoms with E-state index < -0.39 is 16.7 Å². The molecule has 126 valence electrons. The Hall–Kier alpha value is -3.08. The molecule has 0 aliphatic rings. The third kappa shape index (κ3) is 4.71. The van der Waals surface area contributed by atoms with Gasteiger partial charge in [-0.25, -0.2) is 0 Å². The first-order chi connectivity index (χ1) is 11.3. The molecule has 0 bridgehead atoms. The average molecular weight is 338 g/mol. The second-order valence-corrected chi connectivity index (χ2v) is 4.17. The summed E-state index contributed by atoms with van der Waals surface area (Å²) in [6.45, 7) is 4.00. The molecule has 0 aromatic heterocycles. The molecule has 2 aromatic rings. The molecule has 0 atom stereocenters. The number of hydrogen-bond acceptors (Lipinski definition) is 4. The first-order valence-corrected chi connectivity index (χ1v) is 6.85. The molecule has 8 heteroatoms. The van der Waals surface area contributed by atoms with Gasteiger partial charge in [0.05, 0.1) is 10.5 Å².